The predicted octanol–water partition coefficient (Wildman–Crippen LogP) is 1.97. The monoisotopic (exact) mass is 353 g/mol. The van der Waals surface area contributed by atoms with Gasteiger partial charge in [-0.1, -0.05) is 18.2 Å². The second kappa shape index (κ2) is 7.52. The Kier molecular flexibility index (Phi) is 4.98. The third kappa shape index (κ3) is 4.07. The van der Waals surface area contributed by atoms with E-state index in [1.165, 1.54) is 18.2 Å². The number of phenols is 1. The maximum absolute atomic E-state index is 11.9. The number of hydrogen-bond acceptors (Lipinski definition) is 6. The molecule has 0 spiro atoms. The third-order valence-electron chi connectivity index (χ3n) is 3.63. The van der Waals surface area contributed by atoms with E-state index in [1.54, 1.807) is 36.4 Å². The van der Waals surface area contributed by atoms with E-state index in [0.717, 1.165) is 0 Å². The van der Waals surface area contributed by atoms with E-state index in [4.69, 9.17) is 9.15 Å². The lowest BCUT2D eigenvalue weighted by molar-refractivity contribution is -0.143. The number of carbonyl (C=O) groups excluding carboxylic acids is 2. The predicted molar refractivity (Wildman–Crippen MR) is 92.7 cm³/mol. The molecular formula is C19H15NO6. The number of benzene rings is 2. The summed E-state index contributed by atoms with van der Waals surface area (Å²) in [6, 6.07) is 14.0. The lowest BCUT2D eigenvalue weighted by atomic mass is 10.1. The molecule has 0 bridgehead atoms. The molecule has 0 fully saturated rings. The fourth-order valence-corrected chi connectivity index (χ4v) is 2.39. The maximum atomic E-state index is 11.9. The van der Waals surface area contributed by atoms with Gasteiger partial charge in [0.2, 0.25) is 0 Å². The third-order valence-corrected chi connectivity index (χ3v) is 3.63. The molecule has 7 nitrogen and oxygen atoms in total. The molecule has 132 valence electrons. The van der Waals surface area contributed by atoms with Gasteiger partial charge in [-0.05, 0) is 24.3 Å². The van der Waals surface area contributed by atoms with Gasteiger partial charge in [0.05, 0.1) is 0 Å². The molecule has 0 saturated carbocycles. The second-order valence-corrected chi connectivity index (χ2v) is 5.48. The van der Waals surface area contributed by atoms with Gasteiger partial charge in [-0.3, -0.25) is 9.59 Å². The molecule has 0 unspecified atom stereocenters. The number of nitrogens with one attached hydrogen (secondary N) is 1. The number of amides is 1. The summed E-state index contributed by atoms with van der Waals surface area (Å²) in [7, 11) is 0. The number of aromatic hydroxyl groups is 1. The number of esters is 1. The summed E-state index contributed by atoms with van der Waals surface area (Å²) >= 11 is 0. The zero-order valence-corrected chi connectivity index (χ0v) is 13.6. The molecule has 0 saturated heterocycles. The molecule has 1 heterocycles. The van der Waals surface area contributed by atoms with Gasteiger partial charge in [0.25, 0.3) is 5.91 Å². The van der Waals surface area contributed by atoms with Crippen LogP contribution in [0.3, 0.4) is 0 Å². The molecule has 26 heavy (non-hydrogen) atoms. The Morgan fingerprint density at radius 2 is 1.85 bits per heavy atom. The van der Waals surface area contributed by atoms with Crippen molar-refractivity contribution in [1.29, 1.82) is 0 Å². The van der Waals surface area contributed by atoms with Gasteiger partial charge < -0.3 is 19.6 Å². The number of hydrogen-bond donors (Lipinski definition) is 2. The highest BCUT2D eigenvalue weighted by Crippen LogP contribution is 2.22. The van der Waals surface area contributed by atoms with E-state index < -0.39 is 11.6 Å². The van der Waals surface area contributed by atoms with Crippen LogP contribution in [0.25, 0.3) is 11.0 Å². The lowest BCUT2D eigenvalue weighted by Crippen LogP contribution is -2.30. The first kappa shape index (κ1) is 17.2. The molecule has 0 radical (unpaired) electrons. The van der Waals surface area contributed by atoms with Crippen LogP contribution in [0.1, 0.15) is 15.9 Å². The van der Waals surface area contributed by atoms with E-state index in [0.29, 0.717) is 16.5 Å². The van der Waals surface area contributed by atoms with Crippen molar-refractivity contribution >= 4 is 22.8 Å². The molecule has 1 aromatic heterocycles. The van der Waals surface area contributed by atoms with Gasteiger partial charge in [0, 0.05) is 28.6 Å². The fourth-order valence-electron chi connectivity index (χ4n) is 2.39. The molecular weight excluding hydrogens is 338 g/mol. The number of carbonyl (C=O) groups is 2. The van der Waals surface area contributed by atoms with Crippen LogP contribution < -0.4 is 10.9 Å². The van der Waals surface area contributed by atoms with Gasteiger partial charge in [-0.15, -0.1) is 0 Å². The van der Waals surface area contributed by atoms with Crippen molar-refractivity contribution in [2.45, 2.75) is 6.61 Å². The molecule has 1 amide bonds. The zero-order chi connectivity index (χ0) is 18.5. The highest BCUT2D eigenvalue weighted by Gasteiger charge is 2.11. The number of rotatable bonds is 5. The Morgan fingerprint density at radius 1 is 1.08 bits per heavy atom. The van der Waals surface area contributed by atoms with Crippen molar-refractivity contribution in [3.63, 3.8) is 0 Å². The van der Waals surface area contributed by atoms with E-state index in [-0.39, 0.29) is 30.4 Å². The average molecular weight is 353 g/mol. The quantitative estimate of drug-likeness (QED) is 0.537. The van der Waals surface area contributed by atoms with Crippen LogP contribution in [0.4, 0.5) is 0 Å². The lowest BCUT2D eigenvalue weighted by Gasteiger charge is -2.08. The molecule has 0 atom stereocenters. The van der Waals surface area contributed by atoms with E-state index >= 15 is 0 Å². The summed E-state index contributed by atoms with van der Waals surface area (Å²) in [4.78, 5) is 35.3. The van der Waals surface area contributed by atoms with Crippen LogP contribution in [-0.2, 0) is 16.1 Å². The summed E-state index contributed by atoms with van der Waals surface area (Å²) in [6.45, 7) is -0.458. The molecule has 2 aromatic carbocycles. The first-order valence-corrected chi connectivity index (χ1v) is 7.77. The maximum Gasteiger partial charge on any atom is 0.336 e. The fraction of sp³-hybridized carbons (Fsp3) is 0.105. The van der Waals surface area contributed by atoms with Gasteiger partial charge in [-0.25, -0.2) is 4.79 Å². The standard InChI is InChI=1S/C19H15NO6/c21-14-6-7-15-13(8-17(22)26-16(15)9-14)11-25-18(23)10-20-19(24)12-4-2-1-3-5-12/h1-9,21H,10-11H2,(H,20,24). The SMILES string of the molecule is O=C(CNC(=O)c1ccccc1)OCc1cc(=O)oc2cc(O)ccc12. The van der Waals surface area contributed by atoms with E-state index in [2.05, 4.69) is 5.32 Å². The number of fused-ring (bicyclic) bond motifs is 1. The Bertz CT molecular complexity index is 1010. The smallest absolute Gasteiger partial charge is 0.336 e. The van der Waals surface area contributed by atoms with Crippen LogP contribution in [0.15, 0.2) is 63.8 Å². The molecule has 0 aliphatic carbocycles. The Morgan fingerprint density at radius 3 is 2.62 bits per heavy atom. The van der Waals surface area contributed by atoms with Crippen LogP contribution in [0.2, 0.25) is 0 Å². The normalized spacial score (nSPS) is 10.5. The molecule has 7 heteroatoms. The number of phenolic OH excluding ortho intramolecular Hbond substituents is 1. The van der Waals surface area contributed by atoms with Gasteiger partial charge >= 0.3 is 11.6 Å². The Balaban J connectivity index is 1.62. The zero-order valence-electron chi connectivity index (χ0n) is 13.6. The highest BCUT2D eigenvalue weighted by molar-refractivity contribution is 5.95. The van der Waals surface area contributed by atoms with Crippen molar-refractivity contribution in [2.24, 2.45) is 0 Å². The van der Waals surface area contributed by atoms with Gasteiger partial charge in [0.1, 0.15) is 24.5 Å². The largest absolute Gasteiger partial charge is 0.508 e. The minimum absolute atomic E-state index is 0.0431. The van der Waals surface area contributed by atoms with E-state index in [9.17, 15) is 19.5 Å². The summed E-state index contributed by atoms with van der Waals surface area (Å²) in [5, 5.41) is 12.5. The Labute approximate surface area is 147 Å². The first-order chi connectivity index (χ1) is 12.5. The van der Waals surface area contributed by atoms with Gasteiger partial charge in [0.15, 0.2) is 0 Å². The highest BCUT2D eigenvalue weighted by atomic mass is 16.5. The van der Waals surface area contributed by atoms with Crippen LogP contribution >= 0.6 is 0 Å². The summed E-state index contributed by atoms with van der Waals surface area (Å²) in [5.41, 5.74) is 0.457. The molecule has 0 aliphatic heterocycles. The first-order valence-electron chi connectivity index (χ1n) is 7.77. The topological polar surface area (TPSA) is 106 Å². The average Bonchev–Trinajstić information content (AvgIpc) is 2.64. The molecule has 0 aliphatic rings. The molecule has 3 rings (SSSR count). The summed E-state index contributed by atoms with van der Waals surface area (Å²) in [6.07, 6.45) is 0. The number of ether oxygens (including phenoxy) is 1. The van der Waals surface area contributed by atoms with Crippen molar-refractivity contribution in [1.82, 2.24) is 5.32 Å². The molecule has 3 aromatic rings. The minimum Gasteiger partial charge on any atom is -0.508 e. The van der Waals surface area contributed by atoms with Crippen molar-refractivity contribution in [3.8, 4) is 5.75 Å². The molecule has 2 N–H and O–H groups in total. The van der Waals surface area contributed by atoms with Crippen molar-refractivity contribution < 1.29 is 23.8 Å². The minimum atomic E-state index is -0.644. The Hall–Kier alpha value is -3.61. The van der Waals surface area contributed by atoms with Crippen LogP contribution in [-0.4, -0.2) is 23.5 Å². The van der Waals surface area contributed by atoms with Gasteiger partial charge in [-0.2, -0.15) is 0 Å². The van der Waals surface area contributed by atoms with Crippen LogP contribution in [0.5, 0.6) is 5.75 Å². The van der Waals surface area contributed by atoms with Crippen molar-refractivity contribution in [2.75, 3.05) is 6.54 Å². The summed E-state index contributed by atoms with van der Waals surface area (Å²) in [5.74, 6) is -1.07. The van der Waals surface area contributed by atoms with E-state index in [1.807, 2.05) is 0 Å². The van der Waals surface area contributed by atoms with Crippen LogP contribution in [0, 0.1) is 0 Å². The second-order valence-electron chi connectivity index (χ2n) is 5.48. The van der Waals surface area contributed by atoms with Crippen molar-refractivity contribution in [3.05, 3.63) is 76.1 Å². The summed E-state index contributed by atoms with van der Waals surface area (Å²) < 4.78 is 10.1.